The average molecular weight is 485 g/mol. The van der Waals surface area contributed by atoms with E-state index in [0.29, 0.717) is 17.8 Å². The van der Waals surface area contributed by atoms with Crippen LogP contribution in [0.4, 0.5) is 11.5 Å². The number of piperazine rings is 1. The normalized spacial score (nSPS) is 14.1. The quantitative estimate of drug-likeness (QED) is 0.413. The summed E-state index contributed by atoms with van der Waals surface area (Å²) in [5.74, 6) is 0.492. The van der Waals surface area contributed by atoms with E-state index in [2.05, 4.69) is 35.5 Å². The summed E-state index contributed by atoms with van der Waals surface area (Å²) in [6, 6.07) is 16.8. The molecule has 0 spiro atoms. The Balaban J connectivity index is 1.16. The molecule has 0 unspecified atom stereocenters. The Labute approximate surface area is 208 Å². The van der Waals surface area contributed by atoms with E-state index in [1.54, 1.807) is 35.4 Å². The van der Waals surface area contributed by atoms with Crippen molar-refractivity contribution in [3.8, 4) is 0 Å². The van der Waals surface area contributed by atoms with Crippen LogP contribution in [0.25, 0.3) is 11.0 Å². The van der Waals surface area contributed by atoms with Gasteiger partial charge in [-0.05, 0) is 17.7 Å². The van der Waals surface area contributed by atoms with Crippen molar-refractivity contribution in [2.75, 3.05) is 42.9 Å². The standard InChI is InChI=1S/C26H28N8O2/c1-32-24-21(16-30-32)25(29-18-28-24)34-13-11-33(12-14-34)17-23(35)31-22-10-6-5-9-20(22)26(36)27-15-19-7-3-2-4-8-19/h2-10,16,18H,11-15,17H2,1H3,(H,27,36)(H,31,35). The fourth-order valence-corrected chi connectivity index (χ4v) is 4.38. The van der Waals surface area contributed by atoms with E-state index in [0.717, 1.165) is 48.6 Å². The number of hydrogen-bond donors (Lipinski definition) is 2. The topological polar surface area (TPSA) is 108 Å². The van der Waals surface area contributed by atoms with Gasteiger partial charge in [-0.3, -0.25) is 19.2 Å². The molecule has 1 aliphatic rings. The van der Waals surface area contributed by atoms with Gasteiger partial charge in [0.15, 0.2) is 5.65 Å². The van der Waals surface area contributed by atoms with Crippen LogP contribution in [0, 0.1) is 0 Å². The highest BCUT2D eigenvalue weighted by Crippen LogP contribution is 2.23. The van der Waals surface area contributed by atoms with Crippen LogP contribution in [0.5, 0.6) is 0 Å². The molecular formula is C26H28N8O2. The molecule has 3 heterocycles. The fourth-order valence-electron chi connectivity index (χ4n) is 4.38. The van der Waals surface area contributed by atoms with Gasteiger partial charge in [0.25, 0.3) is 5.91 Å². The molecule has 0 saturated carbocycles. The summed E-state index contributed by atoms with van der Waals surface area (Å²) in [4.78, 5) is 38.7. The van der Waals surface area contributed by atoms with Gasteiger partial charge in [0, 0.05) is 39.8 Å². The zero-order valence-corrected chi connectivity index (χ0v) is 20.1. The Morgan fingerprint density at radius 2 is 1.69 bits per heavy atom. The van der Waals surface area contributed by atoms with Crippen LogP contribution in [0.15, 0.2) is 67.1 Å². The first-order chi connectivity index (χ1) is 17.6. The number of benzene rings is 2. The van der Waals surface area contributed by atoms with E-state index < -0.39 is 0 Å². The highest BCUT2D eigenvalue weighted by molar-refractivity contribution is 6.04. The van der Waals surface area contributed by atoms with E-state index in [1.807, 2.05) is 43.4 Å². The summed E-state index contributed by atoms with van der Waals surface area (Å²) < 4.78 is 1.74. The molecule has 1 fully saturated rings. The number of amides is 2. The van der Waals surface area contributed by atoms with Crippen molar-refractivity contribution in [2.24, 2.45) is 7.05 Å². The van der Waals surface area contributed by atoms with Crippen molar-refractivity contribution in [1.29, 1.82) is 0 Å². The van der Waals surface area contributed by atoms with Crippen molar-refractivity contribution < 1.29 is 9.59 Å². The molecule has 0 bridgehead atoms. The molecule has 2 aromatic carbocycles. The zero-order chi connectivity index (χ0) is 24.9. The van der Waals surface area contributed by atoms with E-state index in [-0.39, 0.29) is 18.4 Å². The van der Waals surface area contributed by atoms with E-state index in [4.69, 9.17) is 0 Å². The minimum Gasteiger partial charge on any atom is -0.353 e. The maximum absolute atomic E-state index is 12.8. The number of carbonyl (C=O) groups is 2. The van der Waals surface area contributed by atoms with Crippen LogP contribution in [0.2, 0.25) is 0 Å². The van der Waals surface area contributed by atoms with Gasteiger partial charge in [-0.15, -0.1) is 0 Å². The number of anilines is 2. The Kier molecular flexibility index (Phi) is 6.85. The van der Waals surface area contributed by atoms with Gasteiger partial charge in [0.05, 0.1) is 29.4 Å². The lowest BCUT2D eigenvalue weighted by atomic mass is 10.1. The van der Waals surface area contributed by atoms with Crippen LogP contribution in [-0.4, -0.2) is 69.2 Å². The number of nitrogens with zero attached hydrogens (tertiary/aromatic N) is 6. The lowest BCUT2D eigenvalue weighted by Gasteiger charge is -2.35. The minimum absolute atomic E-state index is 0.150. The molecule has 5 rings (SSSR count). The van der Waals surface area contributed by atoms with Gasteiger partial charge in [-0.2, -0.15) is 5.10 Å². The summed E-state index contributed by atoms with van der Waals surface area (Å²) >= 11 is 0. The number of nitrogens with one attached hydrogen (secondary N) is 2. The van der Waals surface area contributed by atoms with E-state index in [9.17, 15) is 9.59 Å². The zero-order valence-electron chi connectivity index (χ0n) is 20.1. The van der Waals surface area contributed by atoms with E-state index in [1.165, 1.54) is 0 Å². The molecule has 36 heavy (non-hydrogen) atoms. The smallest absolute Gasteiger partial charge is 0.253 e. The van der Waals surface area contributed by atoms with Crippen LogP contribution >= 0.6 is 0 Å². The first-order valence-electron chi connectivity index (χ1n) is 11.9. The molecule has 10 nitrogen and oxygen atoms in total. The number of fused-ring (bicyclic) bond motifs is 1. The van der Waals surface area contributed by atoms with Crippen LogP contribution in [-0.2, 0) is 18.4 Å². The van der Waals surface area contributed by atoms with Crippen molar-refractivity contribution in [3.05, 3.63) is 78.2 Å². The predicted molar refractivity (Wildman–Crippen MR) is 138 cm³/mol. The first kappa shape index (κ1) is 23.4. The third-order valence-corrected chi connectivity index (χ3v) is 6.29. The van der Waals surface area contributed by atoms with Crippen molar-refractivity contribution in [2.45, 2.75) is 6.54 Å². The van der Waals surface area contributed by atoms with Gasteiger partial charge in [-0.25, -0.2) is 9.97 Å². The average Bonchev–Trinajstić information content (AvgIpc) is 3.29. The maximum Gasteiger partial charge on any atom is 0.253 e. The number of hydrogen-bond acceptors (Lipinski definition) is 7. The number of para-hydroxylation sites is 1. The van der Waals surface area contributed by atoms with Gasteiger partial charge in [0.1, 0.15) is 12.1 Å². The van der Waals surface area contributed by atoms with Gasteiger partial charge in [0.2, 0.25) is 5.91 Å². The Morgan fingerprint density at radius 1 is 0.944 bits per heavy atom. The molecule has 4 aromatic rings. The van der Waals surface area contributed by atoms with Crippen molar-refractivity contribution >= 4 is 34.4 Å². The molecule has 10 heteroatoms. The van der Waals surface area contributed by atoms with Crippen LogP contribution < -0.4 is 15.5 Å². The minimum atomic E-state index is -0.227. The van der Waals surface area contributed by atoms with Gasteiger partial charge < -0.3 is 15.5 Å². The SMILES string of the molecule is Cn1ncc2c(N3CCN(CC(=O)Nc4ccccc4C(=O)NCc4ccccc4)CC3)ncnc21. The number of aryl methyl sites for hydroxylation is 1. The number of aromatic nitrogens is 4. The lowest BCUT2D eigenvalue weighted by molar-refractivity contribution is -0.117. The van der Waals surface area contributed by atoms with Gasteiger partial charge >= 0.3 is 0 Å². The third-order valence-electron chi connectivity index (χ3n) is 6.29. The molecule has 184 valence electrons. The molecular weight excluding hydrogens is 456 g/mol. The monoisotopic (exact) mass is 484 g/mol. The molecule has 0 radical (unpaired) electrons. The largest absolute Gasteiger partial charge is 0.353 e. The molecule has 1 aliphatic heterocycles. The molecule has 1 saturated heterocycles. The lowest BCUT2D eigenvalue weighted by Crippen LogP contribution is -2.49. The van der Waals surface area contributed by atoms with Crippen LogP contribution in [0.3, 0.4) is 0 Å². The molecule has 2 amide bonds. The summed E-state index contributed by atoms with van der Waals surface area (Å²) in [5.41, 5.74) is 2.76. The number of carbonyl (C=O) groups excluding carboxylic acids is 2. The van der Waals surface area contributed by atoms with Gasteiger partial charge in [-0.1, -0.05) is 42.5 Å². The third kappa shape index (κ3) is 5.18. The molecule has 2 aromatic heterocycles. The first-order valence-corrected chi connectivity index (χ1v) is 11.9. The Bertz CT molecular complexity index is 1360. The molecule has 0 aliphatic carbocycles. The second-order valence-corrected chi connectivity index (χ2v) is 8.73. The predicted octanol–water partition coefficient (Wildman–Crippen LogP) is 2.05. The van der Waals surface area contributed by atoms with Crippen molar-refractivity contribution in [3.63, 3.8) is 0 Å². The summed E-state index contributed by atoms with van der Waals surface area (Å²) in [5, 5.41) is 11.1. The maximum atomic E-state index is 12.8. The van der Waals surface area contributed by atoms with Crippen molar-refractivity contribution in [1.82, 2.24) is 30.0 Å². The summed E-state index contributed by atoms with van der Waals surface area (Å²) in [6.07, 6.45) is 3.35. The van der Waals surface area contributed by atoms with E-state index >= 15 is 0 Å². The molecule has 0 atom stereocenters. The Morgan fingerprint density at radius 3 is 2.50 bits per heavy atom. The Hall–Kier alpha value is -4.31. The molecule has 2 N–H and O–H groups in total. The summed E-state index contributed by atoms with van der Waals surface area (Å²) in [6.45, 7) is 3.60. The summed E-state index contributed by atoms with van der Waals surface area (Å²) in [7, 11) is 1.86. The van der Waals surface area contributed by atoms with Crippen LogP contribution in [0.1, 0.15) is 15.9 Å². The second-order valence-electron chi connectivity index (χ2n) is 8.73. The highest BCUT2D eigenvalue weighted by Gasteiger charge is 2.23. The highest BCUT2D eigenvalue weighted by atomic mass is 16.2. The second kappa shape index (κ2) is 10.5. The number of rotatable bonds is 7. The fraction of sp³-hybridized carbons (Fsp3) is 0.269.